The minimum atomic E-state index is -0.364. The van der Waals surface area contributed by atoms with Crippen molar-refractivity contribution in [2.24, 2.45) is 0 Å². The summed E-state index contributed by atoms with van der Waals surface area (Å²) in [6, 6.07) is 32.7. The number of hydrogen-bond acceptors (Lipinski definition) is 2. The van der Waals surface area contributed by atoms with Crippen LogP contribution in [0.1, 0.15) is 22.8 Å². The third-order valence-electron chi connectivity index (χ3n) is 9.29. The molecule has 0 radical (unpaired) electrons. The molecule has 0 aliphatic carbocycles. The van der Waals surface area contributed by atoms with Gasteiger partial charge >= 0.3 is 0 Å². The Morgan fingerprint density at radius 3 is 0.717 bits per heavy atom. The third-order valence-corrected chi connectivity index (χ3v) is 9.29. The van der Waals surface area contributed by atoms with Crippen LogP contribution < -0.4 is 0 Å². The van der Waals surface area contributed by atoms with E-state index in [1.165, 1.54) is 48.5 Å². The summed E-state index contributed by atoms with van der Waals surface area (Å²) in [6.45, 7) is 0. The van der Waals surface area contributed by atoms with Crippen molar-refractivity contribution in [1.29, 1.82) is 0 Å². The maximum atomic E-state index is 14.2. The Kier molecular flexibility index (Phi) is 8.74. The Labute approximate surface area is 311 Å². The van der Waals surface area contributed by atoms with Gasteiger partial charge in [-0.2, -0.15) is 0 Å². The summed E-state index contributed by atoms with van der Waals surface area (Å²) in [7, 11) is 0. The van der Waals surface area contributed by atoms with E-state index in [1.54, 1.807) is 48.5 Å². The fraction of sp³-hybridized carbons (Fsp3) is 0. The molecule has 0 atom stereocenters. The third kappa shape index (κ3) is 6.31. The number of H-pyrrole nitrogens is 2. The van der Waals surface area contributed by atoms with Crippen molar-refractivity contribution in [3.63, 3.8) is 0 Å². The summed E-state index contributed by atoms with van der Waals surface area (Å²) in [6.07, 6.45) is 7.63. The number of nitrogens with zero attached hydrogens (tertiary/aromatic N) is 2. The fourth-order valence-electron chi connectivity index (χ4n) is 6.89. The second-order valence-corrected chi connectivity index (χ2v) is 12.5. The largest absolute Gasteiger partial charge is 0.354 e. The Morgan fingerprint density at radius 1 is 0.302 bits per heavy atom. The maximum Gasteiger partial charge on any atom is 0.123 e. The first-order chi connectivity index (χ1) is 25.4. The first-order valence-electron chi connectivity index (χ1n) is 16.6. The second-order valence-electron chi connectivity index (χ2n) is 12.5. The number of fused-ring (bicyclic) bond motifs is 8. The van der Waals surface area contributed by atoms with Crippen LogP contribution in [0.4, 0.5) is 17.6 Å². The zero-order valence-corrected chi connectivity index (χ0v) is 28.7. The molecule has 9 rings (SSSR count). The normalized spacial score (nSPS) is 11.8. The molecule has 8 bridgehead atoms. The average Bonchev–Trinajstić information content (AvgIpc) is 3.99. The van der Waals surface area contributed by atoms with E-state index in [2.05, 4.69) is 9.97 Å². The predicted molar refractivity (Wildman–Crippen MR) is 200 cm³/mol. The predicted octanol–water partition coefficient (Wildman–Crippen LogP) is 11.9. The molecule has 0 fully saturated rings. The monoisotopic (exact) mass is 742 g/mol. The van der Waals surface area contributed by atoms with Crippen LogP contribution in [-0.4, -0.2) is 19.9 Å². The Morgan fingerprint density at radius 2 is 0.509 bits per heavy atom. The summed E-state index contributed by atoms with van der Waals surface area (Å²) in [4.78, 5) is 17.4. The molecule has 53 heavy (non-hydrogen) atoms. The van der Waals surface area contributed by atoms with Gasteiger partial charge in [-0.1, -0.05) is 48.5 Å². The minimum absolute atomic E-state index is 0. The van der Waals surface area contributed by atoms with Crippen LogP contribution >= 0.6 is 0 Å². The Hall–Kier alpha value is -6.28. The molecule has 9 heteroatoms. The first-order valence-corrected chi connectivity index (χ1v) is 16.6. The molecule has 0 spiro atoms. The van der Waals surface area contributed by atoms with Crippen LogP contribution in [0.5, 0.6) is 0 Å². The molecule has 7 aromatic rings. The van der Waals surface area contributed by atoms with Gasteiger partial charge in [0.2, 0.25) is 0 Å². The first kappa shape index (κ1) is 33.8. The number of aromatic nitrogens is 4. The van der Waals surface area contributed by atoms with Crippen LogP contribution in [0.25, 0.3) is 90.9 Å². The summed E-state index contributed by atoms with van der Waals surface area (Å²) < 4.78 is 56.8. The summed E-state index contributed by atoms with van der Waals surface area (Å²) in [5, 5.41) is 0. The van der Waals surface area contributed by atoms with E-state index in [9.17, 15) is 17.6 Å². The van der Waals surface area contributed by atoms with E-state index in [-0.39, 0.29) is 40.3 Å². The zero-order chi connectivity index (χ0) is 35.3. The molecule has 0 saturated heterocycles. The van der Waals surface area contributed by atoms with Crippen molar-refractivity contribution >= 4 is 46.4 Å². The van der Waals surface area contributed by atoms with Gasteiger partial charge in [0.05, 0.1) is 22.8 Å². The molecular formula is C44H26F4FeN4. The maximum absolute atomic E-state index is 14.2. The number of nitrogens with one attached hydrogen (secondary N) is 2. The van der Waals surface area contributed by atoms with Gasteiger partial charge < -0.3 is 9.97 Å². The summed E-state index contributed by atoms with van der Waals surface area (Å²) >= 11 is 0. The average molecular weight is 743 g/mol. The van der Waals surface area contributed by atoms with Gasteiger partial charge in [0.15, 0.2) is 0 Å². The van der Waals surface area contributed by atoms with E-state index in [0.717, 1.165) is 44.5 Å². The van der Waals surface area contributed by atoms with Crippen LogP contribution in [0, 0.1) is 23.3 Å². The van der Waals surface area contributed by atoms with Crippen molar-refractivity contribution in [3.8, 4) is 44.5 Å². The quantitative estimate of drug-likeness (QED) is 0.139. The van der Waals surface area contributed by atoms with Crippen molar-refractivity contribution in [2.45, 2.75) is 0 Å². The molecule has 2 aliphatic heterocycles. The van der Waals surface area contributed by atoms with Crippen molar-refractivity contribution in [2.75, 3.05) is 0 Å². The molecule has 3 aromatic heterocycles. The number of halogens is 4. The molecule has 2 aliphatic rings. The Bertz CT molecular complexity index is 2370. The zero-order valence-electron chi connectivity index (χ0n) is 27.6. The van der Waals surface area contributed by atoms with Gasteiger partial charge in [-0.25, -0.2) is 27.5 Å². The van der Waals surface area contributed by atoms with Crippen molar-refractivity contribution < 1.29 is 34.6 Å². The van der Waals surface area contributed by atoms with E-state index >= 15 is 0 Å². The molecule has 0 amide bonds. The molecule has 5 heterocycles. The molecule has 0 saturated carbocycles. The molecule has 4 nitrogen and oxygen atoms in total. The molecule has 258 valence electrons. The standard InChI is InChI=1S/C44H26F4N4.Fe/c45-29-9-1-25(2-10-29)41-33-17-19-35(49-33)42(26-3-11-30(46)12-4-26)37-21-23-39(51-37)44(28-7-15-32(48)16-8-28)40-24-22-38(52-40)43(36-20-18-34(41)50-36)27-5-13-31(47)14-6-27;/h1-24,49,52H;. The van der Waals surface area contributed by atoms with Gasteiger partial charge in [0.25, 0.3) is 0 Å². The number of hydrogen-bond donors (Lipinski definition) is 2. The summed E-state index contributed by atoms with van der Waals surface area (Å²) in [5.41, 5.74) is 11.3. The van der Waals surface area contributed by atoms with Gasteiger partial charge in [-0.05, 0) is 119 Å². The van der Waals surface area contributed by atoms with Gasteiger partial charge in [-0.3, -0.25) is 0 Å². The summed E-state index contributed by atoms with van der Waals surface area (Å²) in [5.74, 6) is -1.45. The van der Waals surface area contributed by atoms with Crippen molar-refractivity contribution in [3.05, 3.63) is 167 Å². The van der Waals surface area contributed by atoms with E-state index in [4.69, 9.17) is 9.97 Å². The van der Waals surface area contributed by atoms with Crippen LogP contribution in [-0.2, 0) is 17.1 Å². The molecular weight excluding hydrogens is 716 g/mol. The number of benzene rings is 4. The van der Waals surface area contributed by atoms with Crippen molar-refractivity contribution in [1.82, 2.24) is 19.9 Å². The molecule has 0 unspecified atom stereocenters. The fourth-order valence-corrected chi connectivity index (χ4v) is 6.89. The number of rotatable bonds is 4. The Balaban J connectivity index is 0.00000400. The van der Waals surface area contributed by atoms with Gasteiger partial charge in [-0.15, -0.1) is 0 Å². The van der Waals surface area contributed by atoms with E-state index in [0.29, 0.717) is 44.8 Å². The van der Waals surface area contributed by atoms with Crippen LogP contribution in [0.2, 0.25) is 0 Å². The van der Waals surface area contributed by atoms with Gasteiger partial charge in [0.1, 0.15) is 23.3 Å². The smallest absolute Gasteiger partial charge is 0.123 e. The second kappa shape index (κ2) is 13.7. The van der Waals surface area contributed by atoms with E-state index < -0.39 is 0 Å². The number of aromatic amines is 2. The molecule has 2 N–H and O–H groups in total. The minimum Gasteiger partial charge on any atom is -0.354 e. The van der Waals surface area contributed by atoms with Crippen LogP contribution in [0.3, 0.4) is 0 Å². The SMILES string of the molecule is Fc1ccc(-c2c3nc(c(-c4ccc(F)cc4)c4ccc([nH]4)c(-c4ccc(F)cc4)c4nc(c(-c5ccc(F)cc5)c5ccc2[nH]5)C=C4)C=C3)cc1.[Fe]. The van der Waals surface area contributed by atoms with Gasteiger partial charge in [0, 0.05) is 61.4 Å². The van der Waals surface area contributed by atoms with E-state index in [1.807, 2.05) is 48.6 Å². The molecule has 4 aromatic carbocycles. The topological polar surface area (TPSA) is 57.4 Å². The van der Waals surface area contributed by atoms with Crippen LogP contribution in [0.15, 0.2) is 121 Å².